The van der Waals surface area contributed by atoms with E-state index in [4.69, 9.17) is 4.74 Å². The van der Waals surface area contributed by atoms with E-state index in [1.807, 2.05) is 18.2 Å². The molecular formula is C13H15BrN2O. The van der Waals surface area contributed by atoms with Crippen LogP contribution in [0.5, 0.6) is 5.75 Å². The third-order valence-electron chi connectivity index (χ3n) is 2.94. The topological polar surface area (TPSA) is 45.0 Å². The third-order valence-corrected chi connectivity index (χ3v) is 3.43. The number of nitriles is 1. The number of hydrogen-bond acceptors (Lipinski definition) is 3. The van der Waals surface area contributed by atoms with Gasteiger partial charge in [-0.15, -0.1) is 0 Å². The molecule has 2 rings (SSSR count). The Hall–Kier alpha value is -1.05. The van der Waals surface area contributed by atoms with Gasteiger partial charge in [-0.1, -0.05) is 15.9 Å². The summed E-state index contributed by atoms with van der Waals surface area (Å²) < 4.78 is 6.25. The molecule has 1 aliphatic carbocycles. The minimum atomic E-state index is -0.303. The molecule has 1 aromatic rings. The molecule has 1 fully saturated rings. The van der Waals surface area contributed by atoms with Gasteiger partial charge in [0.25, 0.3) is 0 Å². The van der Waals surface area contributed by atoms with Gasteiger partial charge in [-0.25, -0.2) is 0 Å². The predicted molar refractivity (Wildman–Crippen MR) is 69.8 cm³/mol. The van der Waals surface area contributed by atoms with E-state index in [0.29, 0.717) is 0 Å². The molecule has 1 saturated carbocycles. The maximum atomic E-state index is 9.24. The summed E-state index contributed by atoms with van der Waals surface area (Å²) in [6.07, 6.45) is 2.56. The Kier molecular flexibility index (Phi) is 4.03. The number of benzene rings is 1. The van der Waals surface area contributed by atoms with Crippen molar-refractivity contribution in [3.05, 3.63) is 28.2 Å². The molecule has 1 atom stereocenters. The van der Waals surface area contributed by atoms with Gasteiger partial charge >= 0.3 is 0 Å². The fraction of sp³-hybridized carbons (Fsp3) is 0.462. The second-order valence-corrected chi connectivity index (χ2v) is 5.22. The second-order valence-electron chi connectivity index (χ2n) is 4.30. The van der Waals surface area contributed by atoms with E-state index in [9.17, 15) is 5.26 Å². The van der Waals surface area contributed by atoms with Crippen LogP contribution in [0.3, 0.4) is 0 Å². The number of halogens is 1. The van der Waals surface area contributed by atoms with Crippen LogP contribution >= 0.6 is 15.9 Å². The van der Waals surface area contributed by atoms with E-state index in [0.717, 1.165) is 28.2 Å². The third kappa shape index (κ3) is 3.21. The Labute approximate surface area is 110 Å². The molecule has 0 heterocycles. The summed E-state index contributed by atoms with van der Waals surface area (Å²) in [5.74, 6) is 1.51. The van der Waals surface area contributed by atoms with E-state index >= 15 is 0 Å². The van der Waals surface area contributed by atoms with Crippen LogP contribution in [0.4, 0.5) is 0 Å². The van der Waals surface area contributed by atoms with Gasteiger partial charge in [-0.3, -0.25) is 5.32 Å². The van der Waals surface area contributed by atoms with Gasteiger partial charge in [0.05, 0.1) is 13.2 Å². The molecule has 1 aromatic carbocycles. The average molecular weight is 295 g/mol. The fourth-order valence-corrected chi connectivity index (χ4v) is 2.14. The molecule has 17 heavy (non-hydrogen) atoms. The molecule has 0 aromatic heterocycles. The summed E-state index contributed by atoms with van der Waals surface area (Å²) in [4.78, 5) is 0. The zero-order valence-electron chi connectivity index (χ0n) is 9.74. The highest BCUT2D eigenvalue weighted by molar-refractivity contribution is 9.10. The number of methoxy groups -OCH3 is 1. The van der Waals surface area contributed by atoms with Crippen molar-refractivity contribution in [3.8, 4) is 11.8 Å². The Morgan fingerprint density at radius 3 is 2.94 bits per heavy atom. The van der Waals surface area contributed by atoms with Gasteiger partial charge < -0.3 is 4.74 Å². The van der Waals surface area contributed by atoms with Gasteiger partial charge in [0.2, 0.25) is 0 Å². The van der Waals surface area contributed by atoms with Crippen LogP contribution in [0, 0.1) is 17.2 Å². The van der Waals surface area contributed by atoms with Crippen molar-refractivity contribution in [1.29, 1.82) is 5.26 Å². The number of nitrogens with zero attached hydrogens (tertiary/aromatic N) is 1. The summed E-state index contributed by atoms with van der Waals surface area (Å²) in [6, 6.07) is 7.72. The van der Waals surface area contributed by atoms with Crippen molar-refractivity contribution in [2.45, 2.75) is 18.9 Å². The highest BCUT2D eigenvalue weighted by Gasteiger charge is 2.23. The molecule has 1 unspecified atom stereocenters. The van der Waals surface area contributed by atoms with E-state index in [1.54, 1.807) is 7.11 Å². The lowest BCUT2D eigenvalue weighted by Crippen LogP contribution is -2.22. The van der Waals surface area contributed by atoms with Crippen molar-refractivity contribution in [3.63, 3.8) is 0 Å². The summed E-state index contributed by atoms with van der Waals surface area (Å²) in [5.41, 5.74) is 0.894. The van der Waals surface area contributed by atoms with Gasteiger partial charge in [0.15, 0.2) is 0 Å². The molecule has 90 valence electrons. The average Bonchev–Trinajstić information content (AvgIpc) is 3.14. The van der Waals surface area contributed by atoms with Crippen molar-refractivity contribution in [2.24, 2.45) is 5.92 Å². The quantitative estimate of drug-likeness (QED) is 0.908. The number of nitrogens with one attached hydrogen (secondary N) is 1. The lowest BCUT2D eigenvalue weighted by Gasteiger charge is -2.15. The molecule has 1 N–H and O–H groups in total. The van der Waals surface area contributed by atoms with E-state index in [1.165, 1.54) is 12.8 Å². The van der Waals surface area contributed by atoms with Crippen molar-refractivity contribution in [2.75, 3.05) is 13.7 Å². The van der Waals surface area contributed by atoms with E-state index in [2.05, 4.69) is 27.3 Å². The number of ether oxygens (including phenoxy) is 1. The van der Waals surface area contributed by atoms with E-state index in [-0.39, 0.29) is 6.04 Å². The Morgan fingerprint density at radius 1 is 1.59 bits per heavy atom. The molecule has 0 amide bonds. The molecule has 0 bridgehead atoms. The molecule has 0 radical (unpaired) electrons. The lowest BCUT2D eigenvalue weighted by molar-refractivity contribution is 0.404. The lowest BCUT2D eigenvalue weighted by atomic mass is 10.1. The fourth-order valence-electron chi connectivity index (χ4n) is 1.76. The molecular weight excluding hydrogens is 280 g/mol. The van der Waals surface area contributed by atoms with Crippen molar-refractivity contribution >= 4 is 15.9 Å². The Bertz CT molecular complexity index is 438. The van der Waals surface area contributed by atoms with Gasteiger partial charge in [-0.05, 0) is 43.5 Å². The van der Waals surface area contributed by atoms with Crippen LogP contribution in [0.25, 0.3) is 0 Å². The minimum absolute atomic E-state index is 0.303. The second kappa shape index (κ2) is 5.52. The first-order valence-corrected chi connectivity index (χ1v) is 6.50. The van der Waals surface area contributed by atoms with Crippen molar-refractivity contribution < 1.29 is 4.74 Å². The maximum absolute atomic E-state index is 9.24. The highest BCUT2D eigenvalue weighted by atomic mass is 79.9. The SMILES string of the molecule is COc1ccc(Br)cc1C(C#N)NCC1CC1. The Morgan fingerprint density at radius 2 is 2.35 bits per heavy atom. The van der Waals surface area contributed by atoms with E-state index < -0.39 is 0 Å². The smallest absolute Gasteiger partial charge is 0.125 e. The normalized spacial score (nSPS) is 16.3. The van der Waals surface area contributed by atoms with Crippen LogP contribution in [-0.2, 0) is 0 Å². The maximum Gasteiger partial charge on any atom is 0.125 e. The van der Waals surface area contributed by atoms with Gasteiger partial charge in [0, 0.05) is 10.0 Å². The summed E-state index contributed by atoms with van der Waals surface area (Å²) in [5, 5.41) is 12.5. The molecule has 1 aliphatic rings. The van der Waals surface area contributed by atoms with Gasteiger partial charge in [0.1, 0.15) is 11.8 Å². The van der Waals surface area contributed by atoms with Gasteiger partial charge in [-0.2, -0.15) is 5.26 Å². The predicted octanol–water partition coefficient (Wildman–Crippen LogP) is 3.02. The monoisotopic (exact) mass is 294 g/mol. The van der Waals surface area contributed by atoms with Crippen LogP contribution < -0.4 is 10.1 Å². The standard InChI is InChI=1S/C13H15BrN2O/c1-17-13-5-4-10(14)6-11(13)12(7-15)16-8-9-2-3-9/h4-6,9,12,16H,2-3,8H2,1H3. The largest absolute Gasteiger partial charge is 0.496 e. The minimum Gasteiger partial charge on any atom is -0.496 e. The molecule has 0 saturated heterocycles. The zero-order chi connectivity index (χ0) is 12.3. The van der Waals surface area contributed by atoms with Crippen LogP contribution in [0.1, 0.15) is 24.4 Å². The molecule has 3 nitrogen and oxygen atoms in total. The van der Waals surface area contributed by atoms with Crippen LogP contribution in [0.2, 0.25) is 0 Å². The molecule has 0 spiro atoms. The highest BCUT2D eigenvalue weighted by Crippen LogP contribution is 2.31. The van der Waals surface area contributed by atoms with Crippen LogP contribution in [-0.4, -0.2) is 13.7 Å². The first-order valence-electron chi connectivity index (χ1n) is 5.71. The first kappa shape index (κ1) is 12.4. The first-order chi connectivity index (χ1) is 8.24. The molecule has 4 heteroatoms. The summed E-state index contributed by atoms with van der Waals surface area (Å²) >= 11 is 3.42. The number of hydrogen-bond donors (Lipinski definition) is 1. The summed E-state index contributed by atoms with van der Waals surface area (Å²) in [7, 11) is 1.63. The van der Waals surface area contributed by atoms with Crippen LogP contribution in [0.15, 0.2) is 22.7 Å². The summed E-state index contributed by atoms with van der Waals surface area (Å²) in [6.45, 7) is 0.911. The van der Waals surface area contributed by atoms with Crippen molar-refractivity contribution in [1.82, 2.24) is 5.32 Å². The number of rotatable bonds is 5. The zero-order valence-corrected chi connectivity index (χ0v) is 11.3. The molecule has 0 aliphatic heterocycles. The Balaban J connectivity index is 2.15.